The van der Waals surface area contributed by atoms with Crippen molar-refractivity contribution in [3.63, 3.8) is 0 Å². The summed E-state index contributed by atoms with van der Waals surface area (Å²) >= 11 is 6.26. The van der Waals surface area contributed by atoms with Crippen molar-refractivity contribution in [3.05, 3.63) is 99.8 Å². The molecule has 7 nitrogen and oxygen atoms in total. The molecule has 0 aromatic heterocycles. The second-order valence-electron chi connectivity index (χ2n) is 8.45. The Kier molecular flexibility index (Phi) is 7.97. The second kappa shape index (κ2) is 11.3. The number of fused-ring (bicyclic) bond motifs is 1. The van der Waals surface area contributed by atoms with E-state index in [0.29, 0.717) is 28.4 Å². The van der Waals surface area contributed by atoms with Crippen LogP contribution in [0.1, 0.15) is 41.7 Å². The van der Waals surface area contributed by atoms with Crippen LogP contribution < -0.4 is 16.0 Å². The first-order valence-corrected chi connectivity index (χ1v) is 11.8. The highest BCUT2D eigenvalue weighted by Gasteiger charge is 2.33. The van der Waals surface area contributed by atoms with E-state index in [4.69, 9.17) is 16.3 Å². The number of ether oxygens (including phenoxy) is 1. The van der Waals surface area contributed by atoms with E-state index in [1.54, 1.807) is 36.4 Å². The summed E-state index contributed by atoms with van der Waals surface area (Å²) in [7, 11) is 0. The number of rotatable bonds is 7. The number of benzene rings is 3. The van der Waals surface area contributed by atoms with E-state index in [0.717, 1.165) is 11.1 Å². The number of amides is 3. The van der Waals surface area contributed by atoms with Crippen molar-refractivity contribution in [2.45, 2.75) is 38.6 Å². The summed E-state index contributed by atoms with van der Waals surface area (Å²) in [5.74, 6) is -1.51. The molecule has 3 aromatic rings. The van der Waals surface area contributed by atoms with E-state index >= 15 is 0 Å². The maximum atomic E-state index is 13.9. The predicted molar refractivity (Wildman–Crippen MR) is 134 cm³/mol. The quantitative estimate of drug-likeness (QED) is 0.443. The lowest BCUT2D eigenvalue weighted by molar-refractivity contribution is -0.136. The zero-order valence-corrected chi connectivity index (χ0v) is 20.3. The molecule has 3 N–H and O–H groups in total. The molecule has 0 bridgehead atoms. The molecule has 2 atom stereocenters. The van der Waals surface area contributed by atoms with Crippen LogP contribution in [0, 0.1) is 5.82 Å². The zero-order valence-electron chi connectivity index (χ0n) is 19.5. The molecule has 0 saturated heterocycles. The molecule has 2 unspecified atom stereocenters. The number of carbonyl (C=O) groups excluding carboxylic acids is 3. The standard InChI is InChI=1S/C27H25ClFN3O4/c1-16(33)30-14-17-5-4-7-18(11-17)26-21-12-20(28)9-10-23(21)32-27(35)24(36-26)13-25(34)31-15-19-6-2-3-8-22(19)29/h2-12,24,26H,13-15H2,1H3,(H,30,33)(H,31,34)(H,32,35). The van der Waals surface area contributed by atoms with E-state index in [2.05, 4.69) is 16.0 Å². The minimum absolute atomic E-state index is 0.00962. The molecule has 0 saturated carbocycles. The van der Waals surface area contributed by atoms with Gasteiger partial charge in [0, 0.05) is 41.9 Å². The molecule has 9 heteroatoms. The molecule has 1 aliphatic heterocycles. The van der Waals surface area contributed by atoms with Gasteiger partial charge in [0.2, 0.25) is 11.8 Å². The van der Waals surface area contributed by atoms with Crippen molar-refractivity contribution < 1.29 is 23.5 Å². The van der Waals surface area contributed by atoms with Gasteiger partial charge >= 0.3 is 0 Å². The van der Waals surface area contributed by atoms with Crippen LogP contribution in [0.3, 0.4) is 0 Å². The molecule has 3 amide bonds. The maximum absolute atomic E-state index is 13.9. The SMILES string of the molecule is CC(=O)NCc1cccc(C2OC(CC(=O)NCc3ccccc3F)C(=O)Nc3ccc(Cl)cc32)c1. The van der Waals surface area contributed by atoms with E-state index in [1.807, 2.05) is 24.3 Å². The van der Waals surface area contributed by atoms with Gasteiger partial charge in [-0.2, -0.15) is 0 Å². The molecule has 1 heterocycles. The first kappa shape index (κ1) is 25.3. The fourth-order valence-corrected chi connectivity index (χ4v) is 4.13. The van der Waals surface area contributed by atoms with E-state index in [-0.39, 0.29) is 18.9 Å². The molecule has 0 aliphatic carbocycles. The van der Waals surface area contributed by atoms with Crippen LogP contribution in [0.5, 0.6) is 0 Å². The van der Waals surface area contributed by atoms with Crippen LogP contribution in [0.15, 0.2) is 66.7 Å². The number of hydrogen-bond acceptors (Lipinski definition) is 4. The molecule has 0 spiro atoms. The Bertz CT molecular complexity index is 1300. The van der Waals surface area contributed by atoms with Crippen molar-refractivity contribution in [3.8, 4) is 0 Å². The van der Waals surface area contributed by atoms with Gasteiger partial charge < -0.3 is 20.7 Å². The van der Waals surface area contributed by atoms with Gasteiger partial charge in [-0.25, -0.2) is 4.39 Å². The number of nitrogens with one attached hydrogen (secondary N) is 3. The van der Waals surface area contributed by atoms with Gasteiger partial charge in [-0.3, -0.25) is 14.4 Å². The smallest absolute Gasteiger partial charge is 0.254 e. The lowest BCUT2D eigenvalue weighted by Gasteiger charge is -2.22. The highest BCUT2D eigenvalue weighted by molar-refractivity contribution is 6.30. The number of hydrogen-bond donors (Lipinski definition) is 3. The average Bonchev–Trinajstić information content (AvgIpc) is 2.98. The second-order valence-corrected chi connectivity index (χ2v) is 8.89. The van der Waals surface area contributed by atoms with Gasteiger partial charge in [0.05, 0.1) is 6.42 Å². The summed E-state index contributed by atoms with van der Waals surface area (Å²) < 4.78 is 20.1. The molecular formula is C27H25ClFN3O4. The molecule has 36 heavy (non-hydrogen) atoms. The summed E-state index contributed by atoms with van der Waals surface area (Å²) in [6.45, 7) is 1.76. The van der Waals surface area contributed by atoms with Gasteiger partial charge in [-0.15, -0.1) is 0 Å². The van der Waals surface area contributed by atoms with Crippen molar-refractivity contribution in [1.29, 1.82) is 0 Å². The van der Waals surface area contributed by atoms with E-state index in [1.165, 1.54) is 13.0 Å². The topological polar surface area (TPSA) is 96.5 Å². The summed E-state index contributed by atoms with van der Waals surface area (Å²) in [6.07, 6.45) is -2.08. The largest absolute Gasteiger partial charge is 0.355 e. The van der Waals surface area contributed by atoms with Crippen LogP contribution in [0.4, 0.5) is 10.1 Å². The number of carbonyl (C=O) groups is 3. The fourth-order valence-electron chi connectivity index (χ4n) is 3.94. The Labute approximate surface area is 213 Å². The monoisotopic (exact) mass is 509 g/mol. The molecule has 3 aromatic carbocycles. The average molecular weight is 510 g/mol. The van der Waals surface area contributed by atoms with E-state index < -0.39 is 29.8 Å². The van der Waals surface area contributed by atoms with Gasteiger partial charge in [0.1, 0.15) is 18.0 Å². The van der Waals surface area contributed by atoms with Crippen LogP contribution >= 0.6 is 11.6 Å². The zero-order chi connectivity index (χ0) is 25.7. The molecule has 0 fully saturated rings. The maximum Gasteiger partial charge on any atom is 0.254 e. The molecule has 1 aliphatic rings. The number of halogens is 2. The summed E-state index contributed by atoms with van der Waals surface area (Å²) in [6, 6.07) is 18.6. The third-order valence-corrected chi connectivity index (χ3v) is 5.98. The van der Waals surface area contributed by atoms with Crippen molar-refractivity contribution in [2.24, 2.45) is 0 Å². The van der Waals surface area contributed by atoms with Gasteiger partial charge in [-0.05, 0) is 35.4 Å². The molecule has 0 radical (unpaired) electrons. The summed E-state index contributed by atoms with van der Waals surface area (Å²) in [4.78, 5) is 37.0. The first-order chi connectivity index (χ1) is 17.3. The first-order valence-electron chi connectivity index (χ1n) is 11.4. The molecule has 4 rings (SSSR count). The highest BCUT2D eigenvalue weighted by atomic mass is 35.5. The Morgan fingerprint density at radius 2 is 1.83 bits per heavy atom. The summed E-state index contributed by atoms with van der Waals surface area (Å²) in [5, 5.41) is 8.70. The fraction of sp³-hybridized carbons (Fsp3) is 0.222. The minimum Gasteiger partial charge on any atom is -0.355 e. The highest BCUT2D eigenvalue weighted by Crippen LogP contribution is 2.37. The van der Waals surface area contributed by atoms with Gasteiger partial charge in [-0.1, -0.05) is 54.1 Å². The predicted octanol–water partition coefficient (Wildman–Crippen LogP) is 4.25. The van der Waals surface area contributed by atoms with Crippen LogP contribution in [0.2, 0.25) is 5.02 Å². The summed E-state index contributed by atoms with van der Waals surface area (Å²) in [5.41, 5.74) is 3.08. The molecule has 186 valence electrons. The normalized spacial score (nSPS) is 16.9. The third-order valence-electron chi connectivity index (χ3n) is 5.75. The Morgan fingerprint density at radius 1 is 1.03 bits per heavy atom. The number of anilines is 1. The Morgan fingerprint density at radius 3 is 2.61 bits per heavy atom. The Balaban J connectivity index is 1.57. The van der Waals surface area contributed by atoms with Crippen molar-refractivity contribution >= 4 is 35.0 Å². The van der Waals surface area contributed by atoms with E-state index in [9.17, 15) is 18.8 Å². The van der Waals surface area contributed by atoms with Crippen LogP contribution in [0.25, 0.3) is 0 Å². The van der Waals surface area contributed by atoms with Crippen LogP contribution in [-0.2, 0) is 32.2 Å². The van der Waals surface area contributed by atoms with Gasteiger partial charge in [0.15, 0.2) is 0 Å². The van der Waals surface area contributed by atoms with Crippen molar-refractivity contribution in [2.75, 3.05) is 5.32 Å². The van der Waals surface area contributed by atoms with Gasteiger partial charge in [0.25, 0.3) is 5.91 Å². The molecular weight excluding hydrogens is 485 g/mol. The third kappa shape index (κ3) is 6.27. The minimum atomic E-state index is -1.11. The Hall–Kier alpha value is -3.75. The lowest BCUT2D eigenvalue weighted by Crippen LogP contribution is -2.35. The van der Waals surface area contributed by atoms with Crippen LogP contribution in [-0.4, -0.2) is 23.8 Å². The van der Waals surface area contributed by atoms with Crippen molar-refractivity contribution in [1.82, 2.24) is 10.6 Å². The lowest BCUT2D eigenvalue weighted by atomic mass is 9.98.